The molecule has 1 atom stereocenters. The van der Waals surface area contributed by atoms with E-state index in [1.807, 2.05) is 24.3 Å². The first-order valence-corrected chi connectivity index (χ1v) is 6.05. The first kappa shape index (κ1) is 12.7. The number of aromatic nitrogens is 1. The van der Waals surface area contributed by atoms with E-state index in [4.69, 9.17) is 0 Å². The van der Waals surface area contributed by atoms with E-state index in [0.717, 1.165) is 12.1 Å². The van der Waals surface area contributed by atoms with E-state index in [1.165, 1.54) is 11.6 Å². The minimum atomic E-state index is -0.152. The zero-order chi connectivity index (χ0) is 13.0. The Hall–Kier alpha value is -1.74. The zero-order valence-electron chi connectivity index (χ0n) is 10.7. The average Bonchev–Trinajstić information content (AvgIpc) is 2.41. The Morgan fingerprint density at radius 1 is 1.22 bits per heavy atom. The largest absolute Gasteiger partial charge is 0.306 e. The molecule has 18 heavy (non-hydrogen) atoms. The van der Waals surface area contributed by atoms with Gasteiger partial charge in [0.05, 0.1) is 0 Å². The Morgan fingerprint density at radius 2 is 1.94 bits per heavy atom. The Labute approximate surface area is 107 Å². The Bertz CT molecular complexity index is 511. The summed E-state index contributed by atoms with van der Waals surface area (Å²) < 4.78 is 13.1. The Balaban J connectivity index is 1.97. The van der Waals surface area contributed by atoms with Crippen molar-refractivity contribution in [3.05, 3.63) is 65.2 Å². The van der Waals surface area contributed by atoms with Crippen LogP contribution >= 0.6 is 0 Å². The molecule has 1 aromatic carbocycles. The summed E-state index contributed by atoms with van der Waals surface area (Å²) in [4.78, 5) is 4.00. The third kappa shape index (κ3) is 3.14. The normalized spacial score (nSPS) is 12.4. The van der Waals surface area contributed by atoms with Crippen LogP contribution in [0.25, 0.3) is 0 Å². The maximum Gasteiger partial charge on any atom is 0.126 e. The Morgan fingerprint density at radius 3 is 2.61 bits per heavy atom. The minimum absolute atomic E-state index is 0.152. The average molecular weight is 244 g/mol. The fourth-order valence-electron chi connectivity index (χ4n) is 1.86. The zero-order valence-corrected chi connectivity index (χ0v) is 10.7. The van der Waals surface area contributed by atoms with Gasteiger partial charge in [0.25, 0.3) is 0 Å². The number of aryl methyl sites for hydroxylation is 1. The monoisotopic (exact) mass is 244 g/mol. The van der Waals surface area contributed by atoms with Gasteiger partial charge < -0.3 is 5.32 Å². The summed E-state index contributed by atoms with van der Waals surface area (Å²) in [5, 5.41) is 3.41. The lowest BCUT2D eigenvalue weighted by Gasteiger charge is -2.14. The highest BCUT2D eigenvalue weighted by atomic mass is 19.1. The molecule has 3 heteroatoms. The third-order valence-corrected chi connectivity index (χ3v) is 3.04. The first-order chi connectivity index (χ1) is 8.66. The van der Waals surface area contributed by atoms with Gasteiger partial charge in [0, 0.05) is 25.0 Å². The smallest absolute Gasteiger partial charge is 0.126 e. The summed E-state index contributed by atoms with van der Waals surface area (Å²) in [7, 11) is 0. The lowest BCUT2D eigenvalue weighted by atomic mass is 10.1. The van der Waals surface area contributed by atoms with Gasteiger partial charge in [-0.3, -0.25) is 4.98 Å². The SMILES string of the molecule is Cc1cc(CN[C@@H](C)c2ccncc2)ccc1F. The van der Waals surface area contributed by atoms with Crippen molar-refractivity contribution in [1.29, 1.82) is 0 Å². The van der Waals surface area contributed by atoms with E-state index in [9.17, 15) is 4.39 Å². The van der Waals surface area contributed by atoms with Crippen LogP contribution in [0, 0.1) is 12.7 Å². The number of nitrogens with one attached hydrogen (secondary N) is 1. The molecule has 0 amide bonds. The van der Waals surface area contributed by atoms with Gasteiger partial charge in [-0.15, -0.1) is 0 Å². The molecule has 2 nitrogen and oxygen atoms in total. The third-order valence-electron chi connectivity index (χ3n) is 3.04. The highest BCUT2D eigenvalue weighted by Gasteiger charge is 2.05. The maximum atomic E-state index is 13.1. The number of pyridine rings is 1. The molecule has 1 aromatic heterocycles. The fraction of sp³-hybridized carbons (Fsp3) is 0.267. The molecule has 1 N–H and O–H groups in total. The van der Waals surface area contributed by atoms with Gasteiger partial charge in [-0.25, -0.2) is 4.39 Å². The van der Waals surface area contributed by atoms with Gasteiger partial charge in [-0.05, 0) is 48.7 Å². The molecule has 94 valence electrons. The minimum Gasteiger partial charge on any atom is -0.306 e. The van der Waals surface area contributed by atoms with Crippen molar-refractivity contribution in [2.45, 2.75) is 26.4 Å². The van der Waals surface area contributed by atoms with Crippen molar-refractivity contribution in [3.8, 4) is 0 Å². The summed E-state index contributed by atoms with van der Waals surface area (Å²) in [5.41, 5.74) is 2.98. The van der Waals surface area contributed by atoms with Crippen molar-refractivity contribution in [1.82, 2.24) is 10.3 Å². The second-order valence-corrected chi connectivity index (χ2v) is 4.47. The van der Waals surface area contributed by atoms with E-state index in [1.54, 1.807) is 19.3 Å². The molecule has 2 rings (SSSR count). The molecule has 0 radical (unpaired) electrons. The molecule has 0 aliphatic rings. The molecule has 0 saturated carbocycles. The number of benzene rings is 1. The van der Waals surface area contributed by atoms with Crippen LogP contribution in [-0.4, -0.2) is 4.98 Å². The highest BCUT2D eigenvalue weighted by molar-refractivity contribution is 5.24. The number of hydrogen-bond donors (Lipinski definition) is 1. The summed E-state index contributed by atoms with van der Waals surface area (Å²) in [5.74, 6) is -0.152. The number of nitrogens with zero attached hydrogens (tertiary/aromatic N) is 1. The summed E-state index contributed by atoms with van der Waals surface area (Å²) in [6, 6.07) is 9.44. The van der Waals surface area contributed by atoms with Crippen molar-refractivity contribution in [2.24, 2.45) is 0 Å². The molecule has 0 spiro atoms. The first-order valence-electron chi connectivity index (χ1n) is 6.05. The molecular weight excluding hydrogens is 227 g/mol. The van der Waals surface area contributed by atoms with E-state index >= 15 is 0 Å². The summed E-state index contributed by atoms with van der Waals surface area (Å²) in [6.07, 6.45) is 3.57. The predicted octanol–water partition coefficient (Wildman–Crippen LogP) is 3.38. The van der Waals surface area contributed by atoms with Crippen molar-refractivity contribution < 1.29 is 4.39 Å². The van der Waals surface area contributed by atoms with Gasteiger partial charge in [-0.1, -0.05) is 12.1 Å². The van der Waals surface area contributed by atoms with Crippen LogP contribution in [0.5, 0.6) is 0 Å². The molecular formula is C15H17FN2. The van der Waals surface area contributed by atoms with Crippen molar-refractivity contribution in [2.75, 3.05) is 0 Å². The lowest BCUT2D eigenvalue weighted by molar-refractivity contribution is 0.571. The van der Waals surface area contributed by atoms with Gasteiger partial charge in [0.2, 0.25) is 0 Å². The molecule has 0 aliphatic carbocycles. The van der Waals surface area contributed by atoms with Crippen molar-refractivity contribution >= 4 is 0 Å². The second kappa shape index (κ2) is 5.74. The van der Waals surface area contributed by atoms with Crippen LogP contribution in [0.3, 0.4) is 0 Å². The second-order valence-electron chi connectivity index (χ2n) is 4.47. The van der Waals surface area contributed by atoms with Crippen LogP contribution in [0.15, 0.2) is 42.7 Å². The molecule has 0 bridgehead atoms. The number of hydrogen-bond acceptors (Lipinski definition) is 2. The van der Waals surface area contributed by atoms with E-state index in [0.29, 0.717) is 5.56 Å². The van der Waals surface area contributed by atoms with E-state index in [2.05, 4.69) is 17.2 Å². The number of halogens is 1. The molecule has 0 saturated heterocycles. The van der Waals surface area contributed by atoms with Gasteiger partial charge >= 0.3 is 0 Å². The summed E-state index contributed by atoms with van der Waals surface area (Å²) >= 11 is 0. The predicted molar refractivity (Wildman–Crippen MR) is 70.6 cm³/mol. The van der Waals surface area contributed by atoms with E-state index < -0.39 is 0 Å². The van der Waals surface area contributed by atoms with Crippen LogP contribution in [0.2, 0.25) is 0 Å². The molecule has 1 heterocycles. The van der Waals surface area contributed by atoms with Gasteiger partial charge in [0.1, 0.15) is 5.82 Å². The topological polar surface area (TPSA) is 24.9 Å². The van der Waals surface area contributed by atoms with Crippen molar-refractivity contribution in [3.63, 3.8) is 0 Å². The fourth-order valence-corrected chi connectivity index (χ4v) is 1.86. The molecule has 0 aliphatic heterocycles. The quantitative estimate of drug-likeness (QED) is 0.891. The molecule has 0 fully saturated rings. The molecule has 0 unspecified atom stereocenters. The van der Waals surface area contributed by atoms with Crippen LogP contribution in [-0.2, 0) is 6.54 Å². The Kier molecular flexibility index (Phi) is 4.05. The standard InChI is InChI=1S/C15H17FN2/c1-11-9-13(3-4-15(11)16)10-18-12(2)14-5-7-17-8-6-14/h3-9,12,18H,10H2,1-2H3/t12-/m0/s1. The van der Waals surface area contributed by atoms with Gasteiger partial charge in [-0.2, -0.15) is 0 Å². The highest BCUT2D eigenvalue weighted by Crippen LogP contribution is 2.13. The number of rotatable bonds is 4. The van der Waals surface area contributed by atoms with E-state index in [-0.39, 0.29) is 11.9 Å². The summed E-state index contributed by atoms with van der Waals surface area (Å²) in [6.45, 7) is 4.61. The van der Waals surface area contributed by atoms with Crippen LogP contribution < -0.4 is 5.32 Å². The molecule has 2 aromatic rings. The lowest BCUT2D eigenvalue weighted by Crippen LogP contribution is -2.18. The van der Waals surface area contributed by atoms with Crippen LogP contribution in [0.1, 0.15) is 29.7 Å². The van der Waals surface area contributed by atoms with Gasteiger partial charge in [0.15, 0.2) is 0 Å². The van der Waals surface area contributed by atoms with Crippen LogP contribution in [0.4, 0.5) is 4.39 Å². The maximum absolute atomic E-state index is 13.1.